The number of ether oxygens (including phenoxy) is 1. The monoisotopic (exact) mass is 528 g/mol. The molecule has 5 rings (SSSR count). The van der Waals surface area contributed by atoms with Crippen LogP contribution in [0.15, 0.2) is 60.2 Å². The van der Waals surface area contributed by atoms with Crippen molar-refractivity contribution >= 4 is 57.7 Å². The lowest BCUT2D eigenvalue weighted by atomic mass is 9.67. The molecule has 31 heavy (non-hydrogen) atoms. The summed E-state index contributed by atoms with van der Waals surface area (Å²) in [5.74, 6) is -4.05. The molecule has 1 spiro atoms. The van der Waals surface area contributed by atoms with E-state index in [-0.39, 0.29) is 5.57 Å². The van der Waals surface area contributed by atoms with Crippen LogP contribution in [0.3, 0.4) is 0 Å². The number of likely N-dealkylation sites (N-methyl/N-ethyl adjacent to an activating group) is 1. The number of imide groups is 1. The maximum Gasteiger partial charge on any atom is 0.334 e. The maximum absolute atomic E-state index is 13.8. The van der Waals surface area contributed by atoms with Gasteiger partial charge in [-0.3, -0.25) is 14.4 Å². The third-order valence-electron chi connectivity index (χ3n) is 6.40. The van der Waals surface area contributed by atoms with Crippen LogP contribution in [0.4, 0.5) is 11.4 Å². The highest BCUT2D eigenvalue weighted by Gasteiger charge is 2.70. The summed E-state index contributed by atoms with van der Waals surface area (Å²) >= 11 is 2.13. The van der Waals surface area contributed by atoms with E-state index in [1.54, 1.807) is 49.5 Å². The molecule has 0 aromatic heterocycles. The number of fused-ring (bicyclic) bond motifs is 4. The zero-order chi connectivity index (χ0) is 22.1. The molecule has 8 heteroatoms. The molecule has 3 amide bonds. The number of nitrogens with zero attached hydrogens (tertiary/aromatic N) is 2. The smallest absolute Gasteiger partial charge is 0.334 e. The fourth-order valence-electron chi connectivity index (χ4n) is 5.13. The zero-order valence-corrected chi connectivity index (χ0v) is 18.8. The molecule has 1 saturated heterocycles. The van der Waals surface area contributed by atoms with Gasteiger partial charge >= 0.3 is 5.97 Å². The number of amides is 3. The number of benzene rings is 2. The van der Waals surface area contributed by atoms with Gasteiger partial charge in [0.05, 0.1) is 30.2 Å². The average molecular weight is 528 g/mol. The van der Waals surface area contributed by atoms with Crippen molar-refractivity contribution in [3.05, 3.63) is 69.3 Å². The van der Waals surface area contributed by atoms with Crippen LogP contribution < -0.4 is 9.80 Å². The fourth-order valence-corrected chi connectivity index (χ4v) is 5.62. The third-order valence-corrected chi connectivity index (χ3v) is 7.07. The molecule has 0 N–H and O–H groups in total. The maximum atomic E-state index is 13.8. The number of esters is 1. The van der Waals surface area contributed by atoms with Gasteiger partial charge in [0.25, 0.3) is 0 Å². The minimum absolute atomic E-state index is 0.0528. The van der Waals surface area contributed by atoms with Crippen LogP contribution in [-0.2, 0) is 29.3 Å². The summed E-state index contributed by atoms with van der Waals surface area (Å²) in [7, 11) is 2.84. The second-order valence-electron chi connectivity index (χ2n) is 7.76. The van der Waals surface area contributed by atoms with Crippen LogP contribution in [0, 0.1) is 15.4 Å². The summed E-state index contributed by atoms with van der Waals surface area (Å²) < 4.78 is 5.83. The Morgan fingerprint density at radius 1 is 1.06 bits per heavy atom. The van der Waals surface area contributed by atoms with Crippen molar-refractivity contribution in [2.24, 2.45) is 11.8 Å². The summed E-state index contributed by atoms with van der Waals surface area (Å²) in [4.78, 5) is 56.2. The van der Waals surface area contributed by atoms with Crippen molar-refractivity contribution in [1.29, 1.82) is 0 Å². The number of carbonyl (C=O) groups is 4. The van der Waals surface area contributed by atoms with Gasteiger partial charge in [-0.25, -0.2) is 9.69 Å². The molecule has 156 valence electrons. The standard InChI is InChI=1S/C23H17IN2O5/c1-25-17-9-8-12(24)10-15(17)23(22(25)30)16(21(29)31-2)11-14-18(23)20(28)26(19(14)27)13-6-4-3-5-7-13/h3-11,14,18H,1-2H3/t14-,18+,23+/m0/s1. The van der Waals surface area contributed by atoms with Gasteiger partial charge in [0, 0.05) is 16.3 Å². The van der Waals surface area contributed by atoms with E-state index in [4.69, 9.17) is 4.74 Å². The average Bonchev–Trinajstić information content (AvgIpc) is 3.33. The number of methoxy groups -OCH3 is 1. The summed E-state index contributed by atoms with van der Waals surface area (Å²) in [6.07, 6.45) is 1.46. The van der Waals surface area contributed by atoms with Crippen molar-refractivity contribution in [3.63, 3.8) is 0 Å². The van der Waals surface area contributed by atoms with Gasteiger partial charge in [0.15, 0.2) is 0 Å². The second-order valence-corrected chi connectivity index (χ2v) is 9.00. The van der Waals surface area contributed by atoms with Gasteiger partial charge in [-0.05, 0) is 58.5 Å². The van der Waals surface area contributed by atoms with Gasteiger partial charge in [0.2, 0.25) is 17.7 Å². The first kappa shape index (κ1) is 19.9. The largest absolute Gasteiger partial charge is 0.466 e. The molecule has 0 saturated carbocycles. The molecular weight excluding hydrogens is 511 g/mol. The Labute approximate surface area is 191 Å². The number of rotatable bonds is 2. The summed E-state index contributed by atoms with van der Waals surface area (Å²) in [6.45, 7) is 0. The first-order valence-corrected chi connectivity index (χ1v) is 10.7. The lowest BCUT2D eigenvalue weighted by Gasteiger charge is -2.31. The quantitative estimate of drug-likeness (QED) is 0.340. The Balaban J connectivity index is 1.78. The lowest BCUT2D eigenvalue weighted by molar-refractivity contribution is -0.139. The van der Waals surface area contributed by atoms with Crippen LogP contribution in [0.2, 0.25) is 0 Å². The summed E-state index contributed by atoms with van der Waals surface area (Å²) in [5, 5.41) is 0. The Kier molecular flexibility index (Phi) is 4.34. The number of carbonyl (C=O) groups excluding carboxylic acids is 4. The van der Waals surface area contributed by atoms with Gasteiger partial charge in [-0.1, -0.05) is 24.3 Å². The molecule has 0 radical (unpaired) electrons. The number of hydrogen-bond donors (Lipinski definition) is 0. The molecule has 2 aromatic rings. The SMILES string of the molecule is COC(=O)C1=C[C@@H]2C(=O)N(c3ccccc3)C(=O)[C@@H]2[C@]12C(=O)N(C)c1ccc(I)cc12. The first-order valence-electron chi connectivity index (χ1n) is 9.65. The molecule has 2 heterocycles. The van der Waals surface area contributed by atoms with E-state index >= 15 is 0 Å². The van der Waals surface area contributed by atoms with Crippen molar-refractivity contribution in [3.8, 4) is 0 Å². The van der Waals surface area contributed by atoms with E-state index in [1.807, 2.05) is 6.07 Å². The van der Waals surface area contributed by atoms with E-state index < -0.39 is 40.9 Å². The minimum Gasteiger partial charge on any atom is -0.466 e. The van der Waals surface area contributed by atoms with Crippen molar-refractivity contribution < 1.29 is 23.9 Å². The van der Waals surface area contributed by atoms with Crippen LogP contribution >= 0.6 is 22.6 Å². The zero-order valence-electron chi connectivity index (χ0n) is 16.7. The Morgan fingerprint density at radius 3 is 2.45 bits per heavy atom. The third kappa shape index (κ3) is 2.39. The molecule has 2 aromatic carbocycles. The van der Waals surface area contributed by atoms with E-state index in [1.165, 1.54) is 18.1 Å². The van der Waals surface area contributed by atoms with Crippen LogP contribution in [0.25, 0.3) is 0 Å². The molecule has 1 aliphatic carbocycles. The van der Waals surface area contributed by atoms with Crippen LogP contribution in [0.1, 0.15) is 5.56 Å². The molecular formula is C23H17IN2O5. The Hall–Kier alpha value is -3.01. The topological polar surface area (TPSA) is 84.0 Å². The van der Waals surface area contributed by atoms with Crippen LogP contribution in [-0.4, -0.2) is 37.8 Å². The molecule has 0 bridgehead atoms. The molecule has 1 fully saturated rings. The summed E-state index contributed by atoms with van der Waals surface area (Å²) in [6, 6.07) is 14.1. The van der Waals surface area contributed by atoms with Gasteiger partial charge in [-0.2, -0.15) is 0 Å². The molecule has 0 unspecified atom stereocenters. The normalized spacial score (nSPS) is 26.4. The van der Waals surface area contributed by atoms with Crippen molar-refractivity contribution in [2.45, 2.75) is 5.41 Å². The van der Waals surface area contributed by atoms with Crippen LogP contribution in [0.5, 0.6) is 0 Å². The minimum atomic E-state index is -1.60. The number of halogens is 1. The summed E-state index contributed by atoms with van der Waals surface area (Å²) in [5.41, 5.74) is 0.0550. The van der Waals surface area contributed by atoms with Gasteiger partial charge < -0.3 is 9.64 Å². The van der Waals surface area contributed by atoms with E-state index in [0.29, 0.717) is 16.9 Å². The highest BCUT2D eigenvalue weighted by molar-refractivity contribution is 14.1. The second kappa shape index (κ2) is 6.74. The Morgan fingerprint density at radius 2 is 1.77 bits per heavy atom. The fraction of sp³-hybridized carbons (Fsp3) is 0.217. The van der Waals surface area contributed by atoms with Gasteiger partial charge in [-0.15, -0.1) is 0 Å². The highest BCUT2D eigenvalue weighted by atomic mass is 127. The molecule has 3 aliphatic rings. The highest BCUT2D eigenvalue weighted by Crippen LogP contribution is 2.59. The van der Waals surface area contributed by atoms with E-state index in [0.717, 1.165) is 8.47 Å². The number of para-hydroxylation sites is 1. The predicted molar refractivity (Wildman–Crippen MR) is 120 cm³/mol. The molecule has 2 aliphatic heterocycles. The number of hydrogen-bond acceptors (Lipinski definition) is 5. The van der Waals surface area contributed by atoms with Gasteiger partial charge in [0.1, 0.15) is 5.41 Å². The van der Waals surface area contributed by atoms with E-state index in [2.05, 4.69) is 22.6 Å². The molecule has 3 atom stereocenters. The van der Waals surface area contributed by atoms with Crippen molar-refractivity contribution in [2.75, 3.05) is 24.0 Å². The lowest BCUT2D eigenvalue weighted by Crippen LogP contribution is -2.49. The number of anilines is 2. The first-order chi connectivity index (χ1) is 14.8. The van der Waals surface area contributed by atoms with E-state index in [9.17, 15) is 19.2 Å². The predicted octanol–water partition coefficient (Wildman–Crippen LogP) is 2.42. The Bertz CT molecular complexity index is 1210. The van der Waals surface area contributed by atoms with Crippen molar-refractivity contribution in [1.82, 2.24) is 0 Å². The molecule has 7 nitrogen and oxygen atoms in total.